The lowest BCUT2D eigenvalue weighted by Crippen LogP contribution is -2.02. The third-order valence-corrected chi connectivity index (χ3v) is 4.15. The summed E-state index contributed by atoms with van der Waals surface area (Å²) in [5.41, 5.74) is 3.48. The molecule has 0 N–H and O–H groups in total. The average molecular weight is 250 g/mol. The van der Waals surface area contributed by atoms with Crippen LogP contribution in [0.25, 0.3) is 0 Å². The molecule has 1 aromatic rings. The Bertz CT molecular complexity index is 546. The van der Waals surface area contributed by atoms with E-state index in [-0.39, 0.29) is 16.5 Å². The zero-order valence-corrected chi connectivity index (χ0v) is 10.2. The van der Waals surface area contributed by atoms with E-state index < -0.39 is 0 Å². The summed E-state index contributed by atoms with van der Waals surface area (Å²) < 4.78 is 0. The van der Waals surface area contributed by atoms with Gasteiger partial charge in [0, 0.05) is 28.5 Å². The van der Waals surface area contributed by atoms with Crippen LogP contribution >= 0.6 is 11.6 Å². The van der Waals surface area contributed by atoms with Gasteiger partial charge in [-0.1, -0.05) is 23.7 Å². The number of nitro benzene ring substituents is 1. The third-order valence-electron chi connectivity index (χ3n) is 3.93. The van der Waals surface area contributed by atoms with Crippen molar-refractivity contribution in [2.45, 2.75) is 31.6 Å². The molecule has 0 radical (unpaired) electrons. The lowest BCUT2D eigenvalue weighted by atomic mass is 9.91. The Hall–Kier alpha value is -1.35. The molecule has 0 amide bonds. The van der Waals surface area contributed by atoms with Gasteiger partial charge in [0.15, 0.2) is 0 Å². The number of allylic oxidation sites excluding steroid dienone is 2. The summed E-state index contributed by atoms with van der Waals surface area (Å²) in [5.74, 6) is 0.487. The fourth-order valence-corrected chi connectivity index (χ4v) is 3.67. The first kappa shape index (κ1) is 10.8. The number of nitro groups is 1. The van der Waals surface area contributed by atoms with Gasteiger partial charge in [0.1, 0.15) is 0 Å². The zero-order chi connectivity index (χ0) is 12.2. The van der Waals surface area contributed by atoms with Crippen LogP contribution in [0.1, 0.15) is 42.7 Å². The fraction of sp³-hybridized carbons (Fsp3) is 0.385. The number of hydrogen-bond acceptors (Lipinski definition) is 2. The first-order valence-electron chi connectivity index (χ1n) is 5.74. The summed E-state index contributed by atoms with van der Waals surface area (Å²) in [7, 11) is 0. The molecule has 88 valence electrons. The molecule has 2 aliphatic carbocycles. The van der Waals surface area contributed by atoms with E-state index in [2.05, 4.69) is 0 Å². The van der Waals surface area contributed by atoms with Crippen LogP contribution < -0.4 is 0 Å². The van der Waals surface area contributed by atoms with Gasteiger partial charge in [-0.25, -0.2) is 0 Å². The molecule has 0 aliphatic heterocycles. The van der Waals surface area contributed by atoms with E-state index in [1.165, 1.54) is 5.57 Å². The van der Waals surface area contributed by atoms with Crippen LogP contribution in [0.2, 0.25) is 0 Å². The highest BCUT2D eigenvalue weighted by Crippen LogP contribution is 2.60. The van der Waals surface area contributed by atoms with Crippen molar-refractivity contribution in [1.29, 1.82) is 0 Å². The predicted molar refractivity (Wildman–Crippen MR) is 66.4 cm³/mol. The van der Waals surface area contributed by atoms with E-state index in [9.17, 15) is 10.1 Å². The van der Waals surface area contributed by atoms with Gasteiger partial charge >= 0.3 is 0 Å². The second-order valence-corrected chi connectivity index (χ2v) is 5.28. The standard InChI is InChI=1S/C13H12ClNO2/c1-7(14)12-9-5-6-10(12)13-8(9)3-2-4-11(13)15(16)17/h2-4,9-10H,5-6H2,1H3/b12-7+. The van der Waals surface area contributed by atoms with Crippen LogP contribution in [-0.4, -0.2) is 4.92 Å². The molecule has 3 nitrogen and oxygen atoms in total. The van der Waals surface area contributed by atoms with Crippen LogP contribution in [-0.2, 0) is 0 Å². The summed E-state index contributed by atoms with van der Waals surface area (Å²) >= 11 is 6.15. The summed E-state index contributed by atoms with van der Waals surface area (Å²) in [6.07, 6.45) is 2.06. The molecule has 2 aliphatic rings. The van der Waals surface area contributed by atoms with Crippen molar-refractivity contribution in [2.75, 3.05) is 0 Å². The number of benzene rings is 1. The maximum absolute atomic E-state index is 11.1. The Morgan fingerprint density at radius 3 is 2.76 bits per heavy atom. The van der Waals surface area contributed by atoms with Crippen LogP contribution in [0.4, 0.5) is 5.69 Å². The summed E-state index contributed by atoms with van der Waals surface area (Å²) in [4.78, 5) is 10.8. The molecule has 2 bridgehead atoms. The lowest BCUT2D eigenvalue weighted by Gasteiger charge is -2.13. The van der Waals surface area contributed by atoms with E-state index in [0.29, 0.717) is 5.92 Å². The second-order valence-electron chi connectivity index (χ2n) is 4.71. The van der Waals surface area contributed by atoms with Crippen molar-refractivity contribution < 1.29 is 4.92 Å². The van der Waals surface area contributed by atoms with Crippen molar-refractivity contribution in [3.05, 3.63) is 50.0 Å². The minimum atomic E-state index is -0.277. The number of rotatable bonds is 1. The molecule has 1 saturated carbocycles. The van der Waals surface area contributed by atoms with E-state index in [0.717, 1.165) is 29.0 Å². The molecule has 2 atom stereocenters. The number of fused-ring (bicyclic) bond motifs is 5. The summed E-state index contributed by atoms with van der Waals surface area (Å²) in [5, 5.41) is 11.9. The van der Waals surface area contributed by atoms with Crippen molar-refractivity contribution in [2.24, 2.45) is 0 Å². The quantitative estimate of drug-likeness (QED) is 0.556. The van der Waals surface area contributed by atoms with E-state index >= 15 is 0 Å². The molecule has 1 fully saturated rings. The van der Waals surface area contributed by atoms with Crippen LogP contribution in [0.3, 0.4) is 0 Å². The topological polar surface area (TPSA) is 43.1 Å². The number of hydrogen-bond donors (Lipinski definition) is 0. The molecule has 0 heterocycles. The zero-order valence-electron chi connectivity index (χ0n) is 9.44. The third kappa shape index (κ3) is 1.35. The molecule has 2 unspecified atom stereocenters. The van der Waals surface area contributed by atoms with Crippen LogP contribution in [0.15, 0.2) is 28.8 Å². The molecular formula is C13H12ClNO2. The van der Waals surface area contributed by atoms with Gasteiger partial charge in [-0.2, -0.15) is 0 Å². The van der Waals surface area contributed by atoms with Gasteiger partial charge in [0.2, 0.25) is 0 Å². The minimum Gasteiger partial charge on any atom is -0.258 e. The van der Waals surface area contributed by atoms with Crippen molar-refractivity contribution in [1.82, 2.24) is 0 Å². The maximum Gasteiger partial charge on any atom is 0.273 e. The van der Waals surface area contributed by atoms with Gasteiger partial charge in [0.05, 0.1) is 4.92 Å². The monoisotopic (exact) mass is 249 g/mol. The van der Waals surface area contributed by atoms with Gasteiger partial charge in [-0.3, -0.25) is 10.1 Å². The summed E-state index contributed by atoms with van der Waals surface area (Å²) in [6, 6.07) is 5.38. The van der Waals surface area contributed by atoms with Gasteiger partial charge in [-0.05, 0) is 30.9 Å². The molecule has 0 saturated heterocycles. The minimum absolute atomic E-state index is 0.175. The summed E-state index contributed by atoms with van der Waals surface area (Å²) in [6.45, 7) is 1.89. The van der Waals surface area contributed by atoms with Crippen LogP contribution in [0, 0.1) is 10.1 Å². The Kier molecular flexibility index (Phi) is 2.26. The Morgan fingerprint density at radius 2 is 2.12 bits per heavy atom. The Balaban J connectivity index is 2.26. The molecule has 4 heteroatoms. The molecular weight excluding hydrogens is 238 g/mol. The first-order valence-corrected chi connectivity index (χ1v) is 6.12. The normalized spacial score (nSPS) is 28.1. The Labute approximate surface area is 104 Å². The lowest BCUT2D eigenvalue weighted by molar-refractivity contribution is -0.385. The van der Waals surface area contributed by atoms with Crippen molar-refractivity contribution in [3.63, 3.8) is 0 Å². The SMILES string of the molecule is C/C(Cl)=C1/C2CCC1c1c2cccc1[N+](=O)[O-]. The number of nitrogens with zero attached hydrogens (tertiary/aromatic N) is 1. The van der Waals surface area contributed by atoms with Gasteiger partial charge < -0.3 is 0 Å². The molecule has 0 aromatic heterocycles. The van der Waals surface area contributed by atoms with E-state index in [1.54, 1.807) is 12.1 Å². The predicted octanol–water partition coefficient (Wildman–Crippen LogP) is 4.08. The van der Waals surface area contributed by atoms with Crippen molar-refractivity contribution >= 4 is 17.3 Å². The highest BCUT2D eigenvalue weighted by atomic mass is 35.5. The molecule has 0 spiro atoms. The smallest absolute Gasteiger partial charge is 0.258 e. The maximum atomic E-state index is 11.1. The van der Waals surface area contributed by atoms with E-state index in [1.807, 2.05) is 13.0 Å². The second kappa shape index (κ2) is 3.57. The highest BCUT2D eigenvalue weighted by Gasteiger charge is 2.45. The average Bonchev–Trinajstić information content (AvgIpc) is 2.84. The Morgan fingerprint density at radius 1 is 1.41 bits per heavy atom. The van der Waals surface area contributed by atoms with Gasteiger partial charge in [-0.15, -0.1) is 0 Å². The first-order chi connectivity index (χ1) is 8.11. The molecule has 1 aromatic carbocycles. The van der Waals surface area contributed by atoms with E-state index in [4.69, 9.17) is 11.6 Å². The molecule has 17 heavy (non-hydrogen) atoms. The largest absolute Gasteiger partial charge is 0.273 e. The van der Waals surface area contributed by atoms with Gasteiger partial charge in [0.25, 0.3) is 5.69 Å². The van der Waals surface area contributed by atoms with Crippen LogP contribution in [0.5, 0.6) is 0 Å². The van der Waals surface area contributed by atoms with Crippen molar-refractivity contribution in [3.8, 4) is 0 Å². The highest BCUT2D eigenvalue weighted by molar-refractivity contribution is 6.29. The molecule has 3 rings (SSSR count). The number of halogens is 1. The fourth-order valence-electron chi connectivity index (χ4n) is 3.40.